The fourth-order valence-electron chi connectivity index (χ4n) is 1.42. The van der Waals surface area contributed by atoms with Crippen molar-refractivity contribution >= 4 is 33.0 Å². The van der Waals surface area contributed by atoms with Gasteiger partial charge in [0.1, 0.15) is 0 Å². The van der Waals surface area contributed by atoms with Gasteiger partial charge in [-0.1, -0.05) is 65.0 Å². The lowest BCUT2D eigenvalue weighted by atomic mass is 10.8. The molecule has 0 atom stereocenters. The van der Waals surface area contributed by atoms with Crippen LogP contribution >= 0.6 is 0 Å². The van der Waals surface area contributed by atoms with Gasteiger partial charge in [-0.2, -0.15) is 0 Å². The number of rotatable bonds is 10. The van der Waals surface area contributed by atoms with E-state index >= 15 is 0 Å². The Bertz CT molecular complexity index is 306. The van der Waals surface area contributed by atoms with Crippen molar-refractivity contribution in [1.29, 1.82) is 0 Å². The molecule has 0 aromatic heterocycles. The Hall–Kier alpha value is 0.488. The van der Waals surface area contributed by atoms with E-state index in [1.165, 1.54) is 0 Å². The molecule has 0 bridgehead atoms. The van der Waals surface area contributed by atoms with Crippen LogP contribution in [-0.4, -0.2) is 51.7 Å². The van der Waals surface area contributed by atoms with E-state index in [2.05, 4.69) is 64.6 Å². The second-order valence-electron chi connectivity index (χ2n) is 9.65. The van der Waals surface area contributed by atoms with Crippen LogP contribution in [0.2, 0.25) is 58.9 Å². The standard InChI is InChI=1S/C15H38O3Si4/c1-11-12-22(16-13-19(2,3)4,17-14-20(5,6)7)18-15-21(8,9)10/h11-12H,13-15H2,1-10H3. The van der Waals surface area contributed by atoms with Gasteiger partial charge in [0.15, 0.2) is 0 Å². The van der Waals surface area contributed by atoms with Gasteiger partial charge in [-0.25, -0.2) is 0 Å². The molecule has 0 aliphatic carbocycles. The van der Waals surface area contributed by atoms with Crippen molar-refractivity contribution in [2.24, 2.45) is 0 Å². The van der Waals surface area contributed by atoms with E-state index in [9.17, 15) is 0 Å². The first-order chi connectivity index (χ1) is 9.68. The molecule has 0 aliphatic heterocycles. The van der Waals surface area contributed by atoms with Crippen molar-refractivity contribution in [1.82, 2.24) is 0 Å². The number of allylic oxidation sites excluding steroid dienone is 1. The molecule has 0 amide bonds. The van der Waals surface area contributed by atoms with E-state index in [1.54, 1.807) is 0 Å². The van der Waals surface area contributed by atoms with Gasteiger partial charge in [0.25, 0.3) is 0 Å². The SMILES string of the molecule is CC=C[Si](OC[Si](C)(C)C)(OC[Si](C)(C)C)OC[Si](C)(C)C. The molecule has 0 saturated carbocycles. The lowest BCUT2D eigenvalue weighted by Gasteiger charge is -2.33. The highest BCUT2D eigenvalue weighted by molar-refractivity contribution is 6.80. The summed E-state index contributed by atoms with van der Waals surface area (Å²) in [5, 5.41) is 0. The molecule has 0 N–H and O–H groups in total. The second-order valence-corrected chi connectivity index (χ2v) is 28.3. The van der Waals surface area contributed by atoms with Crippen LogP contribution in [0.15, 0.2) is 11.8 Å². The molecule has 22 heavy (non-hydrogen) atoms. The molecular formula is C15H38O3Si4. The normalized spacial score (nSPS) is 14.8. The summed E-state index contributed by atoms with van der Waals surface area (Å²) in [6.07, 6.45) is 4.41. The zero-order valence-corrected chi connectivity index (χ0v) is 20.5. The first-order valence-electron chi connectivity index (χ1n) is 8.24. The molecule has 0 fully saturated rings. The van der Waals surface area contributed by atoms with Gasteiger partial charge in [-0.05, 0) is 12.6 Å². The quantitative estimate of drug-likeness (QED) is 0.515. The zero-order chi connectivity index (χ0) is 17.7. The highest BCUT2D eigenvalue weighted by atomic mass is 28.4. The van der Waals surface area contributed by atoms with Crippen LogP contribution in [0.3, 0.4) is 0 Å². The molecular weight excluding hydrogens is 341 g/mol. The van der Waals surface area contributed by atoms with E-state index in [1.807, 2.05) is 13.0 Å². The molecule has 0 rings (SSSR count). The first-order valence-corrected chi connectivity index (χ1v) is 21.2. The van der Waals surface area contributed by atoms with Crippen LogP contribution in [0.4, 0.5) is 0 Å². The number of hydrogen-bond acceptors (Lipinski definition) is 3. The molecule has 0 spiro atoms. The van der Waals surface area contributed by atoms with Gasteiger partial charge in [0, 0.05) is 18.7 Å². The Morgan fingerprint density at radius 2 is 0.864 bits per heavy atom. The fourth-order valence-corrected chi connectivity index (χ4v) is 9.98. The van der Waals surface area contributed by atoms with E-state index in [-0.39, 0.29) is 0 Å². The third-order valence-electron chi connectivity index (χ3n) is 2.49. The summed E-state index contributed by atoms with van der Waals surface area (Å²) in [4.78, 5) is 0. The summed E-state index contributed by atoms with van der Waals surface area (Å²) in [5.74, 6) is 0. The van der Waals surface area contributed by atoms with Crippen molar-refractivity contribution in [2.45, 2.75) is 65.8 Å². The van der Waals surface area contributed by atoms with E-state index < -0.39 is 33.0 Å². The highest BCUT2D eigenvalue weighted by Gasteiger charge is 2.42. The summed E-state index contributed by atoms with van der Waals surface area (Å²) in [6, 6.07) is 0. The van der Waals surface area contributed by atoms with Crippen LogP contribution < -0.4 is 0 Å². The van der Waals surface area contributed by atoms with Gasteiger partial charge in [0.05, 0.1) is 24.2 Å². The maximum atomic E-state index is 6.34. The maximum Gasteiger partial charge on any atom is 0.528 e. The summed E-state index contributed by atoms with van der Waals surface area (Å²) in [5.41, 5.74) is 2.08. The van der Waals surface area contributed by atoms with Gasteiger partial charge < -0.3 is 13.3 Å². The van der Waals surface area contributed by atoms with Crippen LogP contribution in [0.25, 0.3) is 0 Å². The molecule has 132 valence electrons. The third kappa shape index (κ3) is 12.0. The Morgan fingerprint density at radius 3 is 1.05 bits per heavy atom. The average Bonchev–Trinajstić information content (AvgIpc) is 2.28. The average molecular weight is 379 g/mol. The van der Waals surface area contributed by atoms with Gasteiger partial charge in [-0.15, -0.1) is 0 Å². The first kappa shape index (κ1) is 22.5. The van der Waals surface area contributed by atoms with E-state index in [0.717, 1.165) is 18.7 Å². The molecule has 0 radical (unpaired) electrons. The van der Waals surface area contributed by atoms with Crippen LogP contribution in [0, 0.1) is 0 Å². The largest absolute Gasteiger partial charge is 0.528 e. The van der Waals surface area contributed by atoms with Crippen molar-refractivity contribution in [3.8, 4) is 0 Å². The minimum atomic E-state index is -2.70. The predicted molar refractivity (Wildman–Crippen MR) is 108 cm³/mol. The molecule has 0 unspecified atom stereocenters. The lowest BCUT2D eigenvalue weighted by molar-refractivity contribution is 0.111. The third-order valence-corrected chi connectivity index (χ3v) is 8.77. The smallest absolute Gasteiger partial charge is 0.374 e. The van der Waals surface area contributed by atoms with Crippen molar-refractivity contribution in [3.63, 3.8) is 0 Å². The Morgan fingerprint density at radius 1 is 0.591 bits per heavy atom. The van der Waals surface area contributed by atoms with Crippen LogP contribution in [-0.2, 0) is 13.3 Å². The maximum absolute atomic E-state index is 6.34. The summed E-state index contributed by atoms with van der Waals surface area (Å²) >= 11 is 0. The van der Waals surface area contributed by atoms with E-state index in [0.29, 0.717) is 0 Å². The van der Waals surface area contributed by atoms with Gasteiger partial charge in [-0.3, -0.25) is 0 Å². The number of hydrogen-bond donors (Lipinski definition) is 0. The molecule has 0 heterocycles. The molecule has 0 saturated heterocycles. The predicted octanol–water partition coefficient (Wildman–Crippen LogP) is 4.72. The highest BCUT2D eigenvalue weighted by Crippen LogP contribution is 2.19. The summed E-state index contributed by atoms with van der Waals surface area (Å²) in [6.45, 7) is 22.9. The molecule has 0 aliphatic rings. The zero-order valence-electron chi connectivity index (χ0n) is 16.5. The van der Waals surface area contributed by atoms with Crippen molar-refractivity contribution < 1.29 is 13.3 Å². The van der Waals surface area contributed by atoms with Crippen LogP contribution in [0.5, 0.6) is 0 Å². The minimum absolute atomic E-state index is 0.793. The van der Waals surface area contributed by atoms with Crippen LogP contribution in [0.1, 0.15) is 6.92 Å². The topological polar surface area (TPSA) is 27.7 Å². The fraction of sp³-hybridized carbons (Fsp3) is 0.867. The van der Waals surface area contributed by atoms with Gasteiger partial charge >= 0.3 is 8.80 Å². The molecule has 3 nitrogen and oxygen atoms in total. The van der Waals surface area contributed by atoms with Crippen molar-refractivity contribution in [2.75, 3.05) is 18.7 Å². The lowest BCUT2D eigenvalue weighted by Crippen LogP contribution is -2.52. The van der Waals surface area contributed by atoms with E-state index in [4.69, 9.17) is 13.3 Å². The summed E-state index contributed by atoms with van der Waals surface area (Å²) in [7, 11) is -6.61. The monoisotopic (exact) mass is 378 g/mol. The Balaban J connectivity index is 5.16. The second kappa shape index (κ2) is 8.55. The minimum Gasteiger partial charge on any atom is -0.374 e. The summed E-state index contributed by atoms with van der Waals surface area (Å²) < 4.78 is 19.0. The van der Waals surface area contributed by atoms with Gasteiger partial charge in [0.2, 0.25) is 0 Å². The van der Waals surface area contributed by atoms with Crippen molar-refractivity contribution in [3.05, 3.63) is 11.8 Å². The molecule has 0 aromatic carbocycles. The molecule has 0 aromatic rings. The Kier molecular flexibility index (Phi) is 8.73. The Labute approximate surface area is 142 Å². The molecule has 7 heteroatoms.